The monoisotopic (exact) mass is 181 g/mol. The molecule has 0 aromatic carbocycles. The fourth-order valence-corrected chi connectivity index (χ4v) is 2.19. The van der Waals surface area contributed by atoms with E-state index in [0.29, 0.717) is 6.42 Å². The van der Waals surface area contributed by atoms with Crippen LogP contribution < -0.4 is 0 Å². The molecular weight excluding hydrogens is 162 g/mol. The van der Waals surface area contributed by atoms with Crippen LogP contribution in [0.2, 0.25) is 0 Å². The average molecular weight is 181 g/mol. The van der Waals surface area contributed by atoms with Crippen LogP contribution in [0.15, 0.2) is 0 Å². The molecule has 0 radical (unpaired) electrons. The van der Waals surface area contributed by atoms with Crippen LogP contribution in [0.5, 0.6) is 0 Å². The third kappa shape index (κ3) is 2.03. The molecule has 0 saturated heterocycles. The van der Waals surface area contributed by atoms with Gasteiger partial charge in [0.1, 0.15) is 0 Å². The second-order valence-corrected chi connectivity index (χ2v) is 4.37. The molecule has 2 nitrogen and oxygen atoms in total. The summed E-state index contributed by atoms with van der Waals surface area (Å²) in [4.78, 5) is 0. The minimum atomic E-state index is -0.429. The topological polar surface area (TPSA) is 44.0 Å². The van der Waals surface area contributed by atoms with Gasteiger partial charge in [0, 0.05) is 0 Å². The van der Waals surface area contributed by atoms with Crippen LogP contribution in [-0.2, 0) is 0 Å². The van der Waals surface area contributed by atoms with Gasteiger partial charge in [-0.15, -0.1) is 0 Å². The third-order valence-electron chi connectivity index (χ3n) is 3.41. The Bertz CT molecular complexity index is 199. The lowest BCUT2D eigenvalue weighted by molar-refractivity contribution is 0.0255. The molecule has 1 aliphatic rings. The first kappa shape index (κ1) is 10.5. The van der Waals surface area contributed by atoms with E-state index in [0.717, 1.165) is 31.6 Å². The smallest absolute Gasteiger partial charge is 0.0832 e. The highest BCUT2D eigenvalue weighted by atomic mass is 16.3. The lowest BCUT2D eigenvalue weighted by Crippen LogP contribution is -2.36. The summed E-state index contributed by atoms with van der Waals surface area (Å²) >= 11 is 0. The van der Waals surface area contributed by atoms with Crippen LogP contribution >= 0.6 is 0 Å². The Balaban J connectivity index is 2.67. The predicted molar refractivity (Wildman–Crippen MR) is 52.0 cm³/mol. The Morgan fingerprint density at radius 1 is 1.54 bits per heavy atom. The zero-order chi connectivity index (χ0) is 9.90. The summed E-state index contributed by atoms with van der Waals surface area (Å²) in [5.41, 5.74) is -0.429. The first-order chi connectivity index (χ1) is 6.14. The van der Waals surface area contributed by atoms with Crippen molar-refractivity contribution in [1.29, 1.82) is 5.26 Å². The van der Waals surface area contributed by atoms with Gasteiger partial charge in [0.05, 0.1) is 17.6 Å². The van der Waals surface area contributed by atoms with E-state index in [4.69, 9.17) is 5.26 Å². The van der Waals surface area contributed by atoms with Gasteiger partial charge in [-0.1, -0.05) is 13.8 Å². The number of nitriles is 1. The third-order valence-corrected chi connectivity index (χ3v) is 3.41. The number of nitrogens with zero attached hydrogens (tertiary/aromatic N) is 1. The van der Waals surface area contributed by atoms with Crippen molar-refractivity contribution in [2.75, 3.05) is 0 Å². The largest absolute Gasteiger partial charge is 0.391 e. The lowest BCUT2D eigenvalue weighted by atomic mass is 9.68. The number of aliphatic hydroxyl groups excluding tert-OH is 1. The summed E-state index contributed by atoms with van der Waals surface area (Å²) in [6.45, 7) is 4.17. The molecule has 1 rings (SSSR count). The molecule has 1 unspecified atom stereocenters. The second kappa shape index (κ2) is 4.11. The summed E-state index contributed by atoms with van der Waals surface area (Å²) in [6, 6.07) is 2.34. The second-order valence-electron chi connectivity index (χ2n) is 4.37. The van der Waals surface area contributed by atoms with E-state index in [1.807, 2.05) is 6.92 Å². The molecule has 2 heteroatoms. The van der Waals surface area contributed by atoms with Crippen molar-refractivity contribution < 1.29 is 5.11 Å². The summed E-state index contributed by atoms with van der Waals surface area (Å²) in [6.07, 6.45) is 4.20. The van der Waals surface area contributed by atoms with Gasteiger partial charge in [-0.05, 0) is 38.0 Å². The van der Waals surface area contributed by atoms with Crippen molar-refractivity contribution >= 4 is 0 Å². The SMILES string of the molecule is CCC(O)C1(C#N)CCC(C)CC1. The van der Waals surface area contributed by atoms with E-state index in [2.05, 4.69) is 13.0 Å². The van der Waals surface area contributed by atoms with Crippen molar-refractivity contribution in [1.82, 2.24) is 0 Å². The zero-order valence-electron chi connectivity index (χ0n) is 8.58. The Hall–Kier alpha value is -0.550. The van der Waals surface area contributed by atoms with Gasteiger partial charge in [-0.2, -0.15) is 5.26 Å². The normalized spacial score (nSPS) is 36.6. The molecular formula is C11H19NO. The first-order valence-corrected chi connectivity index (χ1v) is 5.24. The van der Waals surface area contributed by atoms with Crippen LogP contribution in [0.25, 0.3) is 0 Å². The van der Waals surface area contributed by atoms with Crippen LogP contribution in [0.1, 0.15) is 46.0 Å². The van der Waals surface area contributed by atoms with Gasteiger partial charge in [0.2, 0.25) is 0 Å². The van der Waals surface area contributed by atoms with Crippen LogP contribution in [-0.4, -0.2) is 11.2 Å². The van der Waals surface area contributed by atoms with E-state index >= 15 is 0 Å². The maximum absolute atomic E-state index is 9.80. The van der Waals surface area contributed by atoms with Crippen molar-refractivity contribution in [2.24, 2.45) is 11.3 Å². The van der Waals surface area contributed by atoms with E-state index in [9.17, 15) is 5.11 Å². The molecule has 1 atom stereocenters. The summed E-state index contributed by atoms with van der Waals surface area (Å²) < 4.78 is 0. The maximum Gasteiger partial charge on any atom is 0.0832 e. The fourth-order valence-electron chi connectivity index (χ4n) is 2.19. The highest BCUT2D eigenvalue weighted by molar-refractivity contribution is 5.05. The van der Waals surface area contributed by atoms with Gasteiger partial charge < -0.3 is 5.11 Å². The Morgan fingerprint density at radius 3 is 2.46 bits per heavy atom. The van der Waals surface area contributed by atoms with E-state index in [-0.39, 0.29) is 0 Å². The molecule has 0 spiro atoms. The minimum Gasteiger partial charge on any atom is -0.391 e. The molecule has 0 aliphatic heterocycles. The molecule has 1 fully saturated rings. The number of hydrogen-bond acceptors (Lipinski definition) is 2. The van der Waals surface area contributed by atoms with Crippen LogP contribution in [0, 0.1) is 22.7 Å². The summed E-state index contributed by atoms with van der Waals surface area (Å²) in [5, 5.41) is 18.9. The van der Waals surface area contributed by atoms with Gasteiger partial charge in [0.25, 0.3) is 0 Å². The molecule has 1 aliphatic carbocycles. The minimum absolute atomic E-state index is 0.426. The highest BCUT2D eigenvalue weighted by Gasteiger charge is 2.39. The molecule has 13 heavy (non-hydrogen) atoms. The van der Waals surface area contributed by atoms with Crippen LogP contribution in [0.3, 0.4) is 0 Å². The van der Waals surface area contributed by atoms with E-state index in [1.165, 1.54) is 0 Å². The first-order valence-electron chi connectivity index (χ1n) is 5.24. The van der Waals surface area contributed by atoms with Crippen molar-refractivity contribution in [3.05, 3.63) is 0 Å². The Kier molecular flexibility index (Phi) is 3.33. The van der Waals surface area contributed by atoms with E-state index in [1.54, 1.807) is 0 Å². The summed E-state index contributed by atoms with van der Waals surface area (Å²) in [5.74, 6) is 0.727. The number of rotatable bonds is 2. The predicted octanol–water partition coefficient (Wildman–Crippen LogP) is 2.48. The van der Waals surface area contributed by atoms with Crippen molar-refractivity contribution in [2.45, 2.75) is 52.1 Å². The van der Waals surface area contributed by atoms with Gasteiger partial charge >= 0.3 is 0 Å². The highest BCUT2D eigenvalue weighted by Crippen LogP contribution is 2.41. The zero-order valence-corrected chi connectivity index (χ0v) is 8.58. The number of aliphatic hydroxyl groups is 1. The van der Waals surface area contributed by atoms with Gasteiger partial charge in [-0.3, -0.25) is 0 Å². The molecule has 0 bridgehead atoms. The van der Waals surface area contributed by atoms with Crippen molar-refractivity contribution in [3.8, 4) is 6.07 Å². The Morgan fingerprint density at radius 2 is 2.08 bits per heavy atom. The molecule has 0 aromatic rings. The molecule has 0 aromatic heterocycles. The Labute approximate surface area is 80.6 Å². The van der Waals surface area contributed by atoms with E-state index < -0.39 is 11.5 Å². The van der Waals surface area contributed by atoms with Crippen molar-refractivity contribution in [3.63, 3.8) is 0 Å². The average Bonchev–Trinajstić information content (AvgIpc) is 2.18. The molecule has 74 valence electrons. The molecule has 0 heterocycles. The summed E-state index contributed by atoms with van der Waals surface area (Å²) in [7, 11) is 0. The molecule has 1 saturated carbocycles. The van der Waals surface area contributed by atoms with Crippen LogP contribution in [0.4, 0.5) is 0 Å². The fraction of sp³-hybridized carbons (Fsp3) is 0.909. The molecule has 0 amide bonds. The molecule has 1 N–H and O–H groups in total. The quantitative estimate of drug-likeness (QED) is 0.711. The standard InChI is InChI=1S/C11H19NO/c1-3-10(13)11(8-12)6-4-9(2)5-7-11/h9-10,13H,3-7H2,1-2H3. The van der Waals surface area contributed by atoms with Gasteiger partial charge in [0.15, 0.2) is 0 Å². The number of hydrogen-bond donors (Lipinski definition) is 1. The lowest BCUT2D eigenvalue weighted by Gasteiger charge is -2.36. The van der Waals surface area contributed by atoms with Gasteiger partial charge in [-0.25, -0.2) is 0 Å². The maximum atomic E-state index is 9.80.